The summed E-state index contributed by atoms with van der Waals surface area (Å²) in [7, 11) is 2.19. The molecule has 2 aliphatic rings. The standard InChI is InChI=1S/C13H27N3O/c1-12(2)10-13(11-14,4-9-17-12)16-7-5-15(3)6-8-16/h4-11,14H2,1-3H3. The van der Waals surface area contributed by atoms with Crippen molar-refractivity contribution in [2.45, 2.75) is 37.8 Å². The molecule has 0 amide bonds. The minimum Gasteiger partial charge on any atom is -0.375 e. The topological polar surface area (TPSA) is 41.7 Å². The molecule has 4 heteroatoms. The predicted molar refractivity (Wildman–Crippen MR) is 70.1 cm³/mol. The molecule has 0 aromatic heterocycles. The molecule has 0 aliphatic carbocycles. The third kappa shape index (κ3) is 2.81. The SMILES string of the molecule is CN1CCN(C2(CN)CCOC(C)(C)C2)CC1. The largest absolute Gasteiger partial charge is 0.375 e. The zero-order valence-electron chi connectivity index (χ0n) is 11.5. The zero-order chi connectivity index (χ0) is 12.5. The van der Waals surface area contributed by atoms with Gasteiger partial charge in [0.05, 0.1) is 5.60 Å². The molecule has 2 aliphatic heterocycles. The minimum atomic E-state index is -0.0268. The fourth-order valence-electron chi connectivity index (χ4n) is 3.30. The molecule has 4 nitrogen and oxygen atoms in total. The van der Waals surface area contributed by atoms with Crippen molar-refractivity contribution in [3.63, 3.8) is 0 Å². The summed E-state index contributed by atoms with van der Waals surface area (Å²) in [6.07, 6.45) is 2.14. The lowest BCUT2D eigenvalue weighted by Crippen LogP contribution is -2.64. The van der Waals surface area contributed by atoms with Gasteiger partial charge in [-0.1, -0.05) is 0 Å². The Bertz CT molecular complexity index is 261. The Kier molecular flexibility index (Phi) is 3.78. The molecule has 0 radical (unpaired) electrons. The normalized spacial score (nSPS) is 36.0. The highest BCUT2D eigenvalue weighted by Gasteiger charge is 2.44. The van der Waals surface area contributed by atoms with Crippen LogP contribution in [-0.2, 0) is 4.74 Å². The van der Waals surface area contributed by atoms with Crippen LogP contribution < -0.4 is 5.73 Å². The lowest BCUT2D eigenvalue weighted by molar-refractivity contribution is -0.123. The molecule has 1 atom stereocenters. The maximum Gasteiger partial charge on any atom is 0.0644 e. The third-order valence-electron chi connectivity index (χ3n) is 4.37. The Morgan fingerprint density at radius 3 is 2.35 bits per heavy atom. The summed E-state index contributed by atoms with van der Waals surface area (Å²) in [6, 6.07) is 0. The third-order valence-corrected chi connectivity index (χ3v) is 4.37. The van der Waals surface area contributed by atoms with Gasteiger partial charge in [-0.05, 0) is 33.7 Å². The van der Waals surface area contributed by atoms with E-state index in [2.05, 4.69) is 30.7 Å². The van der Waals surface area contributed by atoms with Crippen molar-refractivity contribution >= 4 is 0 Å². The minimum absolute atomic E-state index is 0.0268. The molecule has 17 heavy (non-hydrogen) atoms. The van der Waals surface area contributed by atoms with Crippen LogP contribution in [0.1, 0.15) is 26.7 Å². The molecular weight excluding hydrogens is 214 g/mol. The van der Waals surface area contributed by atoms with Crippen LogP contribution in [0.25, 0.3) is 0 Å². The van der Waals surface area contributed by atoms with Crippen molar-refractivity contribution in [2.75, 3.05) is 46.4 Å². The van der Waals surface area contributed by atoms with Crippen molar-refractivity contribution in [2.24, 2.45) is 5.73 Å². The zero-order valence-corrected chi connectivity index (χ0v) is 11.5. The first-order chi connectivity index (χ1) is 7.97. The first kappa shape index (κ1) is 13.3. The van der Waals surface area contributed by atoms with E-state index in [1.165, 1.54) is 0 Å². The van der Waals surface area contributed by atoms with E-state index in [1.807, 2.05) is 0 Å². The molecule has 0 saturated carbocycles. The number of piperazine rings is 1. The number of nitrogens with zero attached hydrogens (tertiary/aromatic N) is 2. The van der Waals surface area contributed by atoms with E-state index in [-0.39, 0.29) is 11.1 Å². The average molecular weight is 241 g/mol. The Morgan fingerprint density at radius 1 is 1.18 bits per heavy atom. The maximum atomic E-state index is 6.11. The van der Waals surface area contributed by atoms with E-state index in [9.17, 15) is 0 Å². The van der Waals surface area contributed by atoms with Gasteiger partial charge in [0.15, 0.2) is 0 Å². The lowest BCUT2D eigenvalue weighted by atomic mass is 9.79. The van der Waals surface area contributed by atoms with E-state index >= 15 is 0 Å². The summed E-state index contributed by atoms with van der Waals surface area (Å²) in [5.74, 6) is 0. The second-order valence-corrected chi connectivity index (χ2v) is 6.25. The molecule has 0 spiro atoms. The van der Waals surface area contributed by atoms with Gasteiger partial charge in [0, 0.05) is 44.9 Å². The predicted octanol–water partition coefficient (Wildman–Crippen LogP) is 0.520. The first-order valence-electron chi connectivity index (χ1n) is 6.75. The highest BCUT2D eigenvalue weighted by Crippen LogP contribution is 2.36. The number of rotatable bonds is 2. The van der Waals surface area contributed by atoms with E-state index in [1.54, 1.807) is 0 Å². The van der Waals surface area contributed by atoms with Gasteiger partial charge in [-0.3, -0.25) is 4.90 Å². The molecule has 0 bridgehead atoms. The molecule has 0 aromatic rings. The first-order valence-corrected chi connectivity index (χ1v) is 6.75. The Morgan fingerprint density at radius 2 is 1.82 bits per heavy atom. The van der Waals surface area contributed by atoms with Crippen molar-refractivity contribution in [3.8, 4) is 0 Å². The number of nitrogens with two attached hydrogens (primary N) is 1. The fraction of sp³-hybridized carbons (Fsp3) is 1.00. The number of hydrogen-bond acceptors (Lipinski definition) is 4. The number of hydrogen-bond donors (Lipinski definition) is 1. The van der Waals surface area contributed by atoms with Crippen LogP contribution in [-0.4, -0.2) is 67.3 Å². The van der Waals surface area contributed by atoms with Crippen LogP contribution >= 0.6 is 0 Å². The fourth-order valence-corrected chi connectivity index (χ4v) is 3.30. The molecule has 0 aromatic carbocycles. The second-order valence-electron chi connectivity index (χ2n) is 6.25. The summed E-state index contributed by atoms with van der Waals surface area (Å²) in [6.45, 7) is 10.6. The average Bonchev–Trinajstić information content (AvgIpc) is 2.28. The Balaban J connectivity index is 2.08. The van der Waals surface area contributed by atoms with Gasteiger partial charge >= 0.3 is 0 Å². The highest BCUT2D eigenvalue weighted by molar-refractivity contribution is 5.00. The molecule has 2 saturated heterocycles. The van der Waals surface area contributed by atoms with Crippen LogP contribution in [0.4, 0.5) is 0 Å². The summed E-state index contributed by atoms with van der Waals surface area (Å²) in [5.41, 5.74) is 6.26. The van der Waals surface area contributed by atoms with Crippen molar-refractivity contribution in [1.29, 1.82) is 0 Å². The van der Waals surface area contributed by atoms with Crippen LogP contribution in [0.5, 0.6) is 0 Å². The van der Waals surface area contributed by atoms with Gasteiger partial charge in [0.25, 0.3) is 0 Å². The monoisotopic (exact) mass is 241 g/mol. The van der Waals surface area contributed by atoms with Gasteiger partial charge in [0.2, 0.25) is 0 Å². The Hall–Kier alpha value is -0.160. The molecule has 2 N–H and O–H groups in total. The van der Waals surface area contributed by atoms with E-state index in [0.29, 0.717) is 0 Å². The smallest absolute Gasteiger partial charge is 0.0644 e. The summed E-state index contributed by atoms with van der Waals surface area (Å²) < 4.78 is 5.84. The van der Waals surface area contributed by atoms with Crippen LogP contribution in [0.3, 0.4) is 0 Å². The van der Waals surface area contributed by atoms with Gasteiger partial charge in [-0.2, -0.15) is 0 Å². The molecule has 2 heterocycles. The molecular formula is C13H27N3O. The molecule has 2 fully saturated rings. The van der Waals surface area contributed by atoms with Crippen molar-refractivity contribution in [3.05, 3.63) is 0 Å². The summed E-state index contributed by atoms with van der Waals surface area (Å²) >= 11 is 0. The summed E-state index contributed by atoms with van der Waals surface area (Å²) in [4.78, 5) is 5.00. The van der Waals surface area contributed by atoms with Crippen molar-refractivity contribution < 1.29 is 4.74 Å². The van der Waals surface area contributed by atoms with E-state index in [4.69, 9.17) is 10.5 Å². The van der Waals surface area contributed by atoms with E-state index < -0.39 is 0 Å². The highest BCUT2D eigenvalue weighted by atomic mass is 16.5. The maximum absolute atomic E-state index is 6.11. The van der Waals surface area contributed by atoms with Crippen LogP contribution in [0, 0.1) is 0 Å². The molecule has 1 unspecified atom stereocenters. The second kappa shape index (κ2) is 4.84. The van der Waals surface area contributed by atoms with Gasteiger partial charge < -0.3 is 15.4 Å². The van der Waals surface area contributed by atoms with Crippen LogP contribution in [0.2, 0.25) is 0 Å². The van der Waals surface area contributed by atoms with Crippen LogP contribution in [0.15, 0.2) is 0 Å². The molecule has 2 rings (SSSR count). The van der Waals surface area contributed by atoms with Gasteiger partial charge in [0.1, 0.15) is 0 Å². The lowest BCUT2D eigenvalue weighted by Gasteiger charge is -2.52. The Labute approximate surface area is 105 Å². The molecule has 100 valence electrons. The quantitative estimate of drug-likeness (QED) is 0.765. The van der Waals surface area contributed by atoms with E-state index in [0.717, 1.165) is 52.2 Å². The van der Waals surface area contributed by atoms with Crippen molar-refractivity contribution in [1.82, 2.24) is 9.80 Å². The number of ether oxygens (including phenoxy) is 1. The van der Waals surface area contributed by atoms with Gasteiger partial charge in [-0.15, -0.1) is 0 Å². The number of likely N-dealkylation sites (N-methyl/N-ethyl adjacent to an activating group) is 1. The summed E-state index contributed by atoms with van der Waals surface area (Å²) in [5, 5.41) is 0. The van der Waals surface area contributed by atoms with Gasteiger partial charge in [-0.25, -0.2) is 0 Å².